The van der Waals surface area contributed by atoms with Crippen LogP contribution < -0.4 is 14.2 Å². The molecule has 5 rings (SSSR count). The molecule has 9 nitrogen and oxygen atoms in total. The van der Waals surface area contributed by atoms with Crippen LogP contribution >= 0.6 is 0 Å². The molecular formula is C31H36N2O7. The van der Waals surface area contributed by atoms with E-state index >= 15 is 0 Å². The van der Waals surface area contributed by atoms with Crippen molar-refractivity contribution in [2.45, 2.75) is 32.4 Å². The number of hydrogen-bond donors (Lipinski definition) is 1. The number of benzene rings is 2. The van der Waals surface area contributed by atoms with E-state index in [-0.39, 0.29) is 17.4 Å². The third-order valence-corrected chi connectivity index (χ3v) is 7.41. The molecule has 0 aromatic heterocycles. The van der Waals surface area contributed by atoms with Crippen LogP contribution in [0.4, 0.5) is 0 Å². The molecule has 0 bridgehead atoms. The van der Waals surface area contributed by atoms with Crippen LogP contribution in [0.2, 0.25) is 0 Å². The highest BCUT2D eigenvalue weighted by molar-refractivity contribution is 6.46. The van der Waals surface area contributed by atoms with Crippen LogP contribution in [0, 0.1) is 0 Å². The van der Waals surface area contributed by atoms with Crippen LogP contribution in [-0.2, 0) is 20.7 Å². The van der Waals surface area contributed by atoms with Gasteiger partial charge in [0, 0.05) is 38.2 Å². The third-order valence-electron chi connectivity index (χ3n) is 7.41. The van der Waals surface area contributed by atoms with Gasteiger partial charge >= 0.3 is 0 Å². The molecule has 0 aliphatic carbocycles. The maximum atomic E-state index is 13.5. The van der Waals surface area contributed by atoms with E-state index in [0.717, 1.165) is 24.4 Å². The number of aliphatic hydroxyl groups is 1. The molecule has 2 atom stereocenters. The average molecular weight is 549 g/mol. The first-order chi connectivity index (χ1) is 19.4. The fraction of sp³-hybridized carbons (Fsp3) is 0.419. The van der Waals surface area contributed by atoms with Crippen LogP contribution in [0.3, 0.4) is 0 Å². The van der Waals surface area contributed by atoms with Crippen LogP contribution in [-0.4, -0.2) is 85.3 Å². The molecule has 2 aromatic carbocycles. The first-order valence-corrected chi connectivity index (χ1v) is 13.8. The van der Waals surface area contributed by atoms with Crippen molar-refractivity contribution in [3.63, 3.8) is 0 Å². The molecule has 0 radical (unpaired) electrons. The van der Waals surface area contributed by atoms with Gasteiger partial charge in [0.1, 0.15) is 24.2 Å². The average Bonchev–Trinajstić information content (AvgIpc) is 3.46. The molecule has 2 unspecified atom stereocenters. The predicted molar refractivity (Wildman–Crippen MR) is 150 cm³/mol. The summed E-state index contributed by atoms with van der Waals surface area (Å²) in [5.41, 5.74) is 2.14. The van der Waals surface area contributed by atoms with Gasteiger partial charge in [0.2, 0.25) is 0 Å². The standard InChI is InChI=1S/C31H36N2O7/c1-4-14-39-25-9-6-21(19-26(25)38-5-2)28-27(29(34)22-7-8-24-23(18-22)17-20(3)40-24)30(35)31(36)33(28)11-10-32-12-15-37-16-13-32/h4,6-9,18-20,28,34H,1,5,10-17H2,2-3H3/b29-27-. The first-order valence-electron chi connectivity index (χ1n) is 13.8. The van der Waals surface area contributed by atoms with E-state index in [0.29, 0.717) is 68.6 Å². The fourth-order valence-corrected chi connectivity index (χ4v) is 5.49. The van der Waals surface area contributed by atoms with Crippen molar-refractivity contribution in [1.29, 1.82) is 0 Å². The maximum absolute atomic E-state index is 13.5. The molecule has 3 aliphatic heterocycles. The number of fused-ring (bicyclic) bond motifs is 1. The lowest BCUT2D eigenvalue weighted by Crippen LogP contribution is -2.42. The Morgan fingerprint density at radius 2 is 1.90 bits per heavy atom. The minimum Gasteiger partial charge on any atom is -0.507 e. The number of rotatable bonds is 10. The number of amides is 1. The van der Waals surface area contributed by atoms with Gasteiger partial charge in [-0.25, -0.2) is 0 Å². The van der Waals surface area contributed by atoms with Gasteiger partial charge in [-0.3, -0.25) is 14.5 Å². The molecule has 1 N–H and O–H groups in total. The number of likely N-dealkylation sites (tertiary alicyclic amines) is 1. The summed E-state index contributed by atoms with van der Waals surface area (Å²) in [5.74, 6) is 0.239. The molecule has 2 saturated heterocycles. The molecule has 2 fully saturated rings. The Labute approximate surface area is 234 Å². The number of hydrogen-bond acceptors (Lipinski definition) is 8. The maximum Gasteiger partial charge on any atom is 0.295 e. The van der Waals surface area contributed by atoms with Crippen LogP contribution in [0.25, 0.3) is 5.76 Å². The van der Waals surface area contributed by atoms with Gasteiger partial charge in [0.15, 0.2) is 11.5 Å². The molecule has 0 saturated carbocycles. The number of carbonyl (C=O) groups excluding carboxylic acids is 2. The number of morpholine rings is 1. The Morgan fingerprint density at radius 3 is 2.65 bits per heavy atom. The zero-order chi connectivity index (χ0) is 28.2. The van der Waals surface area contributed by atoms with E-state index in [1.54, 1.807) is 35.2 Å². The van der Waals surface area contributed by atoms with Crippen molar-refractivity contribution in [1.82, 2.24) is 9.80 Å². The summed E-state index contributed by atoms with van der Waals surface area (Å²) in [6, 6.07) is 9.93. The molecule has 40 heavy (non-hydrogen) atoms. The monoisotopic (exact) mass is 548 g/mol. The van der Waals surface area contributed by atoms with Crippen molar-refractivity contribution in [2.75, 3.05) is 52.6 Å². The highest BCUT2D eigenvalue weighted by Crippen LogP contribution is 2.42. The van der Waals surface area contributed by atoms with Crippen LogP contribution in [0.1, 0.15) is 36.6 Å². The van der Waals surface area contributed by atoms with E-state index in [1.807, 2.05) is 26.0 Å². The molecule has 1 amide bonds. The highest BCUT2D eigenvalue weighted by atomic mass is 16.5. The Balaban J connectivity index is 1.56. The van der Waals surface area contributed by atoms with Crippen molar-refractivity contribution in [2.24, 2.45) is 0 Å². The van der Waals surface area contributed by atoms with Gasteiger partial charge in [0.05, 0.1) is 31.4 Å². The third kappa shape index (κ3) is 5.57. The second kappa shape index (κ2) is 12.1. The van der Waals surface area contributed by atoms with E-state index in [2.05, 4.69) is 11.5 Å². The number of carbonyl (C=O) groups is 2. The highest BCUT2D eigenvalue weighted by Gasteiger charge is 2.46. The minimum atomic E-state index is -0.794. The lowest BCUT2D eigenvalue weighted by molar-refractivity contribution is -0.140. The van der Waals surface area contributed by atoms with Crippen LogP contribution in [0.15, 0.2) is 54.6 Å². The largest absolute Gasteiger partial charge is 0.507 e. The normalized spacial score (nSPS) is 22.2. The van der Waals surface area contributed by atoms with Crippen molar-refractivity contribution >= 4 is 17.4 Å². The lowest BCUT2D eigenvalue weighted by Gasteiger charge is -2.31. The lowest BCUT2D eigenvalue weighted by atomic mass is 9.94. The van der Waals surface area contributed by atoms with E-state index in [9.17, 15) is 14.7 Å². The smallest absolute Gasteiger partial charge is 0.295 e. The Morgan fingerprint density at radius 1 is 1.10 bits per heavy atom. The molecule has 3 aliphatic rings. The summed E-state index contributed by atoms with van der Waals surface area (Å²) in [4.78, 5) is 30.8. The van der Waals surface area contributed by atoms with Crippen molar-refractivity contribution in [3.05, 3.63) is 71.3 Å². The zero-order valence-corrected chi connectivity index (χ0v) is 23.1. The van der Waals surface area contributed by atoms with E-state index in [1.165, 1.54) is 0 Å². The molecule has 2 aromatic rings. The van der Waals surface area contributed by atoms with Crippen molar-refractivity contribution in [3.8, 4) is 17.2 Å². The summed E-state index contributed by atoms with van der Waals surface area (Å²) >= 11 is 0. The van der Waals surface area contributed by atoms with Gasteiger partial charge in [-0.1, -0.05) is 18.7 Å². The molecular weight excluding hydrogens is 512 g/mol. The zero-order valence-electron chi connectivity index (χ0n) is 23.1. The second-order valence-corrected chi connectivity index (χ2v) is 10.1. The van der Waals surface area contributed by atoms with Gasteiger partial charge < -0.3 is 29.0 Å². The number of aliphatic hydroxyl groups excluding tert-OH is 1. The van der Waals surface area contributed by atoms with E-state index < -0.39 is 17.7 Å². The molecule has 3 heterocycles. The number of Topliss-reactive ketones (excluding diaryl/α,β-unsaturated/α-hetero) is 1. The SMILES string of the molecule is C=CCOc1ccc(C2/C(=C(/O)c3ccc4c(c3)CC(C)O4)C(=O)C(=O)N2CCN2CCOCC2)cc1OCC. The van der Waals surface area contributed by atoms with Gasteiger partial charge in [-0.2, -0.15) is 0 Å². The number of ketones is 1. The quantitative estimate of drug-likeness (QED) is 0.208. The second-order valence-electron chi connectivity index (χ2n) is 10.1. The van der Waals surface area contributed by atoms with Gasteiger partial charge in [-0.15, -0.1) is 0 Å². The topological polar surface area (TPSA) is 97.8 Å². The van der Waals surface area contributed by atoms with E-state index in [4.69, 9.17) is 18.9 Å². The summed E-state index contributed by atoms with van der Waals surface area (Å²) in [5, 5.41) is 11.6. The molecule has 9 heteroatoms. The van der Waals surface area contributed by atoms with Gasteiger partial charge in [-0.05, 0) is 55.3 Å². The number of ether oxygens (including phenoxy) is 4. The Kier molecular flexibility index (Phi) is 8.42. The summed E-state index contributed by atoms with van der Waals surface area (Å²) < 4.78 is 22.9. The van der Waals surface area contributed by atoms with Crippen molar-refractivity contribution < 1.29 is 33.6 Å². The predicted octanol–water partition coefficient (Wildman–Crippen LogP) is 3.73. The first kappa shape index (κ1) is 27.7. The summed E-state index contributed by atoms with van der Waals surface area (Å²) in [7, 11) is 0. The fourth-order valence-electron chi connectivity index (χ4n) is 5.49. The Bertz CT molecular complexity index is 1310. The Hall–Kier alpha value is -3.82. The molecule has 0 spiro atoms. The number of nitrogens with zero attached hydrogens (tertiary/aromatic N) is 2. The molecule has 212 valence electrons. The van der Waals surface area contributed by atoms with Crippen LogP contribution in [0.5, 0.6) is 17.2 Å². The summed E-state index contributed by atoms with van der Waals surface area (Å²) in [6.45, 7) is 11.9. The minimum absolute atomic E-state index is 0.0389. The summed E-state index contributed by atoms with van der Waals surface area (Å²) in [6.07, 6.45) is 2.39. The van der Waals surface area contributed by atoms with Gasteiger partial charge in [0.25, 0.3) is 11.7 Å².